The quantitative estimate of drug-likeness (QED) is 0.790. The number of rotatable bonds is 2. The molecule has 0 saturated carbocycles. The normalized spacial score (nSPS) is 15.1. The van der Waals surface area contributed by atoms with E-state index in [1.54, 1.807) is 24.3 Å². The van der Waals surface area contributed by atoms with Gasteiger partial charge in [0.05, 0.1) is 11.8 Å². The zero-order valence-electron chi connectivity index (χ0n) is 9.26. The molecule has 2 N–H and O–H groups in total. The van der Waals surface area contributed by atoms with Crippen molar-refractivity contribution in [2.75, 3.05) is 22.3 Å². The van der Waals surface area contributed by atoms with Gasteiger partial charge >= 0.3 is 0 Å². The van der Waals surface area contributed by atoms with Gasteiger partial charge in [0.1, 0.15) is 0 Å². The molecule has 1 aromatic carbocycles. The maximum absolute atomic E-state index is 11.9. The summed E-state index contributed by atoms with van der Waals surface area (Å²) in [6.45, 7) is 0.431. The summed E-state index contributed by atoms with van der Waals surface area (Å²) in [5.74, 6) is -0.489. The number of nitrogen functional groups attached to an aromatic ring is 1. The maximum atomic E-state index is 11.9. The molecule has 0 bridgehead atoms. The number of anilines is 2. The predicted octanol–water partition coefficient (Wildman–Crippen LogP) is 0.875. The molecule has 0 atom stereocenters. The molecule has 0 amide bonds. The van der Waals surface area contributed by atoms with Crippen LogP contribution in [0.25, 0.3) is 0 Å². The molecule has 6 heteroatoms. The van der Waals surface area contributed by atoms with Crippen LogP contribution < -0.4 is 10.0 Å². The van der Waals surface area contributed by atoms with E-state index in [9.17, 15) is 8.42 Å². The van der Waals surface area contributed by atoms with Crippen LogP contribution in [0.5, 0.6) is 0 Å². The number of sulfonamides is 1. The number of hydrogen-bond donors (Lipinski definition) is 1. The Morgan fingerprint density at radius 1 is 1.47 bits per heavy atom. The van der Waals surface area contributed by atoms with Gasteiger partial charge in [0.25, 0.3) is 0 Å². The van der Waals surface area contributed by atoms with Crippen LogP contribution in [-0.2, 0) is 16.4 Å². The van der Waals surface area contributed by atoms with E-state index in [-0.39, 0.29) is 0 Å². The Kier molecular flexibility index (Phi) is 2.94. The van der Waals surface area contributed by atoms with Gasteiger partial charge in [-0.05, 0) is 36.6 Å². The van der Waals surface area contributed by atoms with Gasteiger partial charge in [-0.15, -0.1) is 0 Å². The van der Waals surface area contributed by atoms with Crippen molar-refractivity contribution in [2.24, 2.45) is 0 Å². The van der Waals surface area contributed by atoms with Crippen LogP contribution in [0.2, 0.25) is 0 Å². The fraction of sp³-hybridized carbons (Fsp3) is 0.364. The number of hydrogen-bond acceptors (Lipinski definition) is 4. The first kappa shape index (κ1) is 11.7. The molecule has 0 fully saturated rings. The summed E-state index contributed by atoms with van der Waals surface area (Å²) in [5, 5.41) is 8.55. The van der Waals surface area contributed by atoms with Crippen molar-refractivity contribution in [3.05, 3.63) is 23.8 Å². The lowest BCUT2D eigenvalue weighted by atomic mass is 10.0. The molecule has 0 aromatic heterocycles. The molecule has 0 saturated heterocycles. The Bertz CT molecular complexity index is 575. The van der Waals surface area contributed by atoms with Gasteiger partial charge in [-0.25, -0.2) is 8.42 Å². The van der Waals surface area contributed by atoms with Crippen molar-refractivity contribution >= 4 is 21.4 Å². The largest absolute Gasteiger partial charge is 0.399 e. The SMILES string of the molecule is N#CCS(=O)(=O)N1CCCc2cc(N)ccc21. The summed E-state index contributed by atoms with van der Waals surface area (Å²) in [4.78, 5) is 0. The Balaban J connectivity index is 2.46. The minimum Gasteiger partial charge on any atom is -0.399 e. The van der Waals surface area contributed by atoms with Crippen molar-refractivity contribution < 1.29 is 8.42 Å². The number of benzene rings is 1. The second kappa shape index (κ2) is 4.26. The lowest BCUT2D eigenvalue weighted by Gasteiger charge is -2.29. The van der Waals surface area contributed by atoms with Gasteiger partial charge in [0, 0.05) is 12.2 Å². The first-order chi connectivity index (χ1) is 8.04. The highest BCUT2D eigenvalue weighted by molar-refractivity contribution is 7.93. The van der Waals surface area contributed by atoms with Crippen molar-refractivity contribution in [2.45, 2.75) is 12.8 Å². The number of nitrogens with zero attached hydrogens (tertiary/aromatic N) is 2. The molecular weight excluding hydrogens is 238 g/mol. The second-order valence-electron chi connectivity index (χ2n) is 3.98. The molecule has 17 heavy (non-hydrogen) atoms. The number of nitriles is 1. The van der Waals surface area contributed by atoms with Crippen LogP contribution in [0.15, 0.2) is 18.2 Å². The fourth-order valence-electron chi connectivity index (χ4n) is 2.03. The van der Waals surface area contributed by atoms with Crippen molar-refractivity contribution in [3.63, 3.8) is 0 Å². The van der Waals surface area contributed by atoms with Gasteiger partial charge in [0.2, 0.25) is 10.0 Å². The summed E-state index contributed by atoms with van der Waals surface area (Å²) in [6, 6.07) is 6.87. The third-order valence-corrected chi connectivity index (χ3v) is 4.31. The standard InChI is InChI=1S/C11H13N3O2S/c12-5-7-17(15,16)14-6-1-2-9-8-10(13)3-4-11(9)14/h3-4,8H,1-2,6-7,13H2. The Labute approximate surface area is 101 Å². The molecule has 0 spiro atoms. The lowest BCUT2D eigenvalue weighted by Crippen LogP contribution is -2.36. The van der Waals surface area contributed by atoms with E-state index < -0.39 is 15.8 Å². The molecule has 1 heterocycles. The van der Waals surface area contributed by atoms with Crippen molar-refractivity contribution in [3.8, 4) is 6.07 Å². The number of fused-ring (bicyclic) bond motifs is 1. The molecule has 0 unspecified atom stereocenters. The molecular formula is C11H13N3O2S. The zero-order valence-corrected chi connectivity index (χ0v) is 10.1. The highest BCUT2D eigenvalue weighted by Crippen LogP contribution is 2.30. The van der Waals surface area contributed by atoms with E-state index in [1.807, 2.05) is 0 Å². The first-order valence-electron chi connectivity index (χ1n) is 5.30. The Hall–Kier alpha value is -1.74. The zero-order chi connectivity index (χ0) is 12.5. The van der Waals surface area contributed by atoms with Gasteiger partial charge in [0.15, 0.2) is 5.75 Å². The van der Waals surface area contributed by atoms with E-state index in [1.165, 1.54) is 4.31 Å². The van der Waals surface area contributed by atoms with Crippen LogP contribution >= 0.6 is 0 Å². The van der Waals surface area contributed by atoms with Crippen molar-refractivity contribution in [1.82, 2.24) is 0 Å². The molecule has 2 rings (SSSR count). The molecule has 1 aliphatic heterocycles. The Morgan fingerprint density at radius 3 is 2.94 bits per heavy atom. The predicted molar refractivity (Wildman–Crippen MR) is 65.9 cm³/mol. The fourth-order valence-corrected chi connectivity index (χ4v) is 3.24. The van der Waals surface area contributed by atoms with E-state index in [0.717, 1.165) is 18.4 Å². The van der Waals surface area contributed by atoms with Gasteiger partial charge in [-0.3, -0.25) is 4.31 Å². The van der Waals surface area contributed by atoms with Gasteiger partial charge in [-0.2, -0.15) is 5.26 Å². The van der Waals surface area contributed by atoms with Crippen LogP contribution in [-0.4, -0.2) is 20.7 Å². The molecule has 1 aromatic rings. The molecule has 0 aliphatic carbocycles. The molecule has 1 aliphatic rings. The minimum absolute atomic E-state index is 0.431. The minimum atomic E-state index is -3.53. The van der Waals surface area contributed by atoms with Gasteiger partial charge < -0.3 is 5.73 Å². The Morgan fingerprint density at radius 2 is 2.24 bits per heavy atom. The third-order valence-electron chi connectivity index (χ3n) is 2.76. The van der Waals surface area contributed by atoms with Crippen LogP contribution in [0.1, 0.15) is 12.0 Å². The number of aryl methyl sites for hydroxylation is 1. The monoisotopic (exact) mass is 251 g/mol. The van der Waals surface area contributed by atoms with E-state index in [0.29, 0.717) is 17.9 Å². The van der Waals surface area contributed by atoms with E-state index in [2.05, 4.69) is 0 Å². The topological polar surface area (TPSA) is 87.2 Å². The van der Waals surface area contributed by atoms with E-state index >= 15 is 0 Å². The summed E-state index contributed by atoms with van der Waals surface area (Å²) in [7, 11) is -3.53. The molecule has 5 nitrogen and oxygen atoms in total. The number of nitrogens with two attached hydrogens (primary N) is 1. The molecule has 90 valence electrons. The third kappa shape index (κ3) is 2.19. The lowest BCUT2D eigenvalue weighted by molar-refractivity contribution is 0.590. The highest BCUT2D eigenvalue weighted by atomic mass is 32.2. The van der Waals surface area contributed by atoms with Crippen molar-refractivity contribution in [1.29, 1.82) is 5.26 Å². The maximum Gasteiger partial charge on any atom is 0.248 e. The summed E-state index contributed by atoms with van der Waals surface area (Å²) >= 11 is 0. The summed E-state index contributed by atoms with van der Waals surface area (Å²) in [6.07, 6.45) is 1.57. The summed E-state index contributed by atoms with van der Waals surface area (Å²) in [5.41, 5.74) is 7.88. The molecule has 0 radical (unpaired) electrons. The van der Waals surface area contributed by atoms with E-state index in [4.69, 9.17) is 11.0 Å². The van der Waals surface area contributed by atoms with Gasteiger partial charge in [-0.1, -0.05) is 0 Å². The average molecular weight is 251 g/mol. The first-order valence-corrected chi connectivity index (χ1v) is 6.91. The highest BCUT2D eigenvalue weighted by Gasteiger charge is 2.27. The van der Waals surface area contributed by atoms with Crippen LogP contribution in [0.3, 0.4) is 0 Å². The smallest absolute Gasteiger partial charge is 0.248 e. The summed E-state index contributed by atoms with van der Waals surface area (Å²) < 4.78 is 25.1. The van der Waals surface area contributed by atoms with Crippen LogP contribution in [0.4, 0.5) is 11.4 Å². The average Bonchev–Trinajstić information content (AvgIpc) is 2.27. The van der Waals surface area contributed by atoms with Crippen LogP contribution in [0, 0.1) is 11.3 Å². The second-order valence-corrected chi connectivity index (χ2v) is 5.87.